The van der Waals surface area contributed by atoms with E-state index in [0.717, 1.165) is 29.9 Å². The minimum atomic E-state index is 0.00190. The monoisotopic (exact) mass is 517 g/mol. The molecule has 2 unspecified atom stereocenters. The van der Waals surface area contributed by atoms with Crippen LogP contribution in [0, 0.1) is 0 Å². The number of benzene rings is 4. The zero-order valence-corrected chi connectivity index (χ0v) is 24.3. The standard InChI is InChI=1S/C18H22N2.C18H21N/c1-17(2)11-18(3,12-4-6-13(19)7-5-12)16-10-14(20)8-9-15(16)17;1-17(2)12-18(3,13-8-10-14(19)11-9-13)16-7-5-4-6-15(16)17/h4-10H,11,19-20H2,1-3H3;4-11H,12,19H2,1-3H3. The third-order valence-corrected chi connectivity index (χ3v) is 9.30. The first kappa shape index (κ1) is 26.9. The molecule has 39 heavy (non-hydrogen) atoms. The van der Waals surface area contributed by atoms with E-state index in [9.17, 15) is 0 Å². The van der Waals surface area contributed by atoms with Crippen molar-refractivity contribution >= 4 is 17.1 Å². The van der Waals surface area contributed by atoms with Crippen molar-refractivity contribution in [3.63, 3.8) is 0 Å². The van der Waals surface area contributed by atoms with Gasteiger partial charge in [-0.15, -0.1) is 0 Å². The number of fused-ring (bicyclic) bond motifs is 2. The number of anilines is 3. The molecule has 0 spiro atoms. The molecule has 4 aromatic rings. The minimum absolute atomic E-state index is 0.00190. The Kier molecular flexibility index (Phi) is 6.33. The molecule has 6 N–H and O–H groups in total. The van der Waals surface area contributed by atoms with Gasteiger partial charge < -0.3 is 17.2 Å². The van der Waals surface area contributed by atoms with E-state index in [2.05, 4.69) is 102 Å². The summed E-state index contributed by atoms with van der Waals surface area (Å²) in [6, 6.07) is 31.8. The van der Waals surface area contributed by atoms with Crippen molar-refractivity contribution in [1.29, 1.82) is 0 Å². The predicted molar refractivity (Wildman–Crippen MR) is 167 cm³/mol. The van der Waals surface area contributed by atoms with Crippen LogP contribution >= 0.6 is 0 Å². The van der Waals surface area contributed by atoms with Crippen LogP contribution in [0.1, 0.15) is 87.8 Å². The van der Waals surface area contributed by atoms with Crippen molar-refractivity contribution in [2.24, 2.45) is 0 Å². The Hall–Kier alpha value is -3.72. The van der Waals surface area contributed by atoms with Gasteiger partial charge in [-0.1, -0.05) is 96.1 Å². The number of rotatable bonds is 2. The molecule has 0 fully saturated rings. The third-order valence-electron chi connectivity index (χ3n) is 9.30. The molecule has 202 valence electrons. The smallest absolute Gasteiger partial charge is 0.0317 e. The zero-order chi connectivity index (χ0) is 28.2. The summed E-state index contributed by atoms with van der Waals surface area (Å²) in [5.74, 6) is 0. The summed E-state index contributed by atoms with van der Waals surface area (Å²) < 4.78 is 0. The topological polar surface area (TPSA) is 78.1 Å². The number of hydrogen-bond donors (Lipinski definition) is 3. The summed E-state index contributed by atoms with van der Waals surface area (Å²) in [5.41, 5.74) is 29.0. The van der Waals surface area contributed by atoms with E-state index in [0.29, 0.717) is 0 Å². The highest BCUT2D eigenvalue weighted by Crippen LogP contribution is 2.54. The molecule has 2 atom stereocenters. The molecule has 0 saturated heterocycles. The van der Waals surface area contributed by atoms with Gasteiger partial charge in [0.2, 0.25) is 0 Å². The number of nitrogens with two attached hydrogens (primary N) is 3. The normalized spacial score (nSPS) is 23.8. The zero-order valence-electron chi connectivity index (χ0n) is 24.3. The molecule has 2 aliphatic rings. The second kappa shape index (κ2) is 9.19. The summed E-state index contributed by atoms with van der Waals surface area (Å²) in [5, 5.41) is 0. The fraction of sp³-hybridized carbons (Fsp3) is 0.333. The van der Waals surface area contributed by atoms with Crippen LogP contribution in [0.25, 0.3) is 0 Å². The van der Waals surface area contributed by atoms with E-state index in [1.165, 1.54) is 33.4 Å². The lowest BCUT2D eigenvalue weighted by Crippen LogP contribution is -2.23. The van der Waals surface area contributed by atoms with Crippen LogP contribution in [0.15, 0.2) is 91.0 Å². The third kappa shape index (κ3) is 4.58. The van der Waals surface area contributed by atoms with Crippen LogP contribution in [-0.2, 0) is 21.7 Å². The molecule has 3 heteroatoms. The van der Waals surface area contributed by atoms with Gasteiger partial charge in [-0.3, -0.25) is 0 Å². The van der Waals surface area contributed by atoms with E-state index in [1.807, 2.05) is 30.3 Å². The fourth-order valence-corrected chi connectivity index (χ4v) is 7.53. The molecule has 0 aliphatic heterocycles. The van der Waals surface area contributed by atoms with Crippen LogP contribution in [0.3, 0.4) is 0 Å². The lowest BCUT2D eigenvalue weighted by molar-refractivity contribution is 0.425. The van der Waals surface area contributed by atoms with Gasteiger partial charge >= 0.3 is 0 Å². The molecule has 0 amide bonds. The Balaban J connectivity index is 0.000000158. The fourth-order valence-electron chi connectivity index (χ4n) is 7.53. The molecule has 6 rings (SSSR count). The maximum atomic E-state index is 6.02. The lowest BCUT2D eigenvalue weighted by Gasteiger charge is -2.28. The second-order valence-corrected chi connectivity index (χ2v) is 13.4. The summed E-state index contributed by atoms with van der Waals surface area (Å²) in [4.78, 5) is 0. The minimum Gasteiger partial charge on any atom is -0.399 e. The first-order valence-corrected chi connectivity index (χ1v) is 14.0. The van der Waals surface area contributed by atoms with Crippen molar-refractivity contribution in [2.45, 2.75) is 76.0 Å². The lowest BCUT2D eigenvalue weighted by atomic mass is 9.75. The van der Waals surface area contributed by atoms with Crippen LogP contribution in [0.2, 0.25) is 0 Å². The maximum Gasteiger partial charge on any atom is 0.0317 e. The molecular weight excluding hydrogens is 474 g/mol. The summed E-state index contributed by atoms with van der Waals surface area (Å²) >= 11 is 0. The Morgan fingerprint density at radius 3 is 1.31 bits per heavy atom. The summed E-state index contributed by atoms with van der Waals surface area (Å²) in [6.45, 7) is 14.0. The quantitative estimate of drug-likeness (QED) is 0.235. The van der Waals surface area contributed by atoms with E-state index in [-0.39, 0.29) is 21.7 Å². The summed E-state index contributed by atoms with van der Waals surface area (Å²) in [6.07, 6.45) is 2.23. The predicted octanol–water partition coefficient (Wildman–Crippen LogP) is 8.09. The first-order chi connectivity index (χ1) is 18.3. The van der Waals surface area contributed by atoms with Crippen molar-refractivity contribution in [1.82, 2.24) is 0 Å². The van der Waals surface area contributed by atoms with Crippen LogP contribution < -0.4 is 17.2 Å². The average Bonchev–Trinajstić information content (AvgIpc) is 3.23. The van der Waals surface area contributed by atoms with Gasteiger partial charge in [-0.05, 0) is 93.5 Å². The van der Waals surface area contributed by atoms with E-state index < -0.39 is 0 Å². The number of hydrogen-bond acceptors (Lipinski definition) is 3. The van der Waals surface area contributed by atoms with E-state index >= 15 is 0 Å². The van der Waals surface area contributed by atoms with Gasteiger partial charge in [0.15, 0.2) is 0 Å². The molecule has 0 saturated carbocycles. The van der Waals surface area contributed by atoms with Gasteiger partial charge in [-0.2, -0.15) is 0 Å². The first-order valence-electron chi connectivity index (χ1n) is 14.0. The van der Waals surface area contributed by atoms with Crippen LogP contribution in [-0.4, -0.2) is 0 Å². The Bertz CT molecular complexity index is 1500. The van der Waals surface area contributed by atoms with E-state index in [4.69, 9.17) is 17.2 Å². The Labute approximate surface area is 234 Å². The molecule has 0 aromatic heterocycles. The van der Waals surface area contributed by atoms with Gasteiger partial charge in [-0.25, -0.2) is 0 Å². The highest BCUT2D eigenvalue weighted by Gasteiger charge is 2.46. The van der Waals surface area contributed by atoms with Gasteiger partial charge in [0.25, 0.3) is 0 Å². The SMILES string of the molecule is CC1(C)CC(C)(c2ccc(N)cc2)c2cc(N)ccc21.CC1(C)CC(C)(c2ccc(N)cc2)c2ccccc21. The molecule has 0 bridgehead atoms. The van der Waals surface area contributed by atoms with Crippen molar-refractivity contribution in [3.8, 4) is 0 Å². The molecule has 4 aromatic carbocycles. The van der Waals surface area contributed by atoms with Crippen molar-refractivity contribution in [3.05, 3.63) is 124 Å². The highest BCUT2D eigenvalue weighted by atomic mass is 14.6. The Morgan fingerprint density at radius 1 is 0.436 bits per heavy atom. The molecule has 0 heterocycles. The molecular formula is C36H43N3. The second-order valence-electron chi connectivity index (χ2n) is 13.4. The largest absolute Gasteiger partial charge is 0.399 e. The van der Waals surface area contributed by atoms with E-state index in [1.54, 1.807) is 0 Å². The van der Waals surface area contributed by atoms with Crippen molar-refractivity contribution < 1.29 is 0 Å². The van der Waals surface area contributed by atoms with Crippen molar-refractivity contribution in [2.75, 3.05) is 17.2 Å². The van der Waals surface area contributed by atoms with Crippen LogP contribution in [0.4, 0.5) is 17.1 Å². The Morgan fingerprint density at radius 2 is 0.821 bits per heavy atom. The van der Waals surface area contributed by atoms with Gasteiger partial charge in [0, 0.05) is 27.9 Å². The molecule has 3 nitrogen and oxygen atoms in total. The summed E-state index contributed by atoms with van der Waals surface area (Å²) in [7, 11) is 0. The number of nitrogen functional groups attached to an aromatic ring is 3. The molecule has 2 aliphatic carbocycles. The highest BCUT2D eigenvalue weighted by molar-refractivity contribution is 5.58. The van der Waals surface area contributed by atoms with Gasteiger partial charge in [0.1, 0.15) is 0 Å². The molecule has 0 radical (unpaired) electrons. The average molecular weight is 518 g/mol. The van der Waals surface area contributed by atoms with Gasteiger partial charge in [0.05, 0.1) is 0 Å². The maximum absolute atomic E-state index is 6.02. The van der Waals surface area contributed by atoms with Crippen LogP contribution in [0.5, 0.6) is 0 Å².